The zero-order valence-corrected chi connectivity index (χ0v) is 20.7. The molecule has 10 heteroatoms. The Bertz CT molecular complexity index is 920. The van der Waals surface area contributed by atoms with E-state index < -0.39 is 18.0 Å². The van der Waals surface area contributed by atoms with Crippen molar-refractivity contribution < 1.29 is 14.4 Å². The van der Waals surface area contributed by atoms with Gasteiger partial charge in [0.25, 0.3) is 0 Å². The highest BCUT2D eigenvalue weighted by Gasteiger charge is 2.26. The quantitative estimate of drug-likeness (QED) is 0.258. The third-order valence-electron chi connectivity index (χ3n) is 5.19. The van der Waals surface area contributed by atoms with Gasteiger partial charge >= 0.3 is 0 Å². The average Bonchev–Trinajstić information content (AvgIpc) is 2.83. The minimum atomic E-state index is -1.11. The van der Waals surface area contributed by atoms with Crippen LogP contribution in [0.5, 0.6) is 0 Å². The molecule has 0 saturated heterocycles. The minimum absolute atomic E-state index is 0.203. The normalized spacial score (nSPS) is 12.5. The first-order chi connectivity index (χ1) is 16.3. The maximum atomic E-state index is 13.0. The van der Waals surface area contributed by atoms with Gasteiger partial charge < -0.3 is 32.7 Å². The van der Waals surface area contributed by atoms with E-state index in [1.54, 1.807) is 12.1 Å². The molecule has 0 aliphatic heterocycles. The van der Waals surface area contributed by atoms with Crippen LogP contribution in [0.3, 0.4) is 0 Å². The first kappa shape index (κ1) is 27.5. The zero-order valence-electron chi connectivity index (χ0n) is 19.1. The molecule has 9 nitrogen and oxygen atoms in total. The molecule has 0 saturated carbocycles. The number of carbonyl (C=O) groups is 3. The fourth-order valence-corrected chi connectivity index (χ4v) is 3.61. The Balaban J connectivity index is 2.05. The predicted molar refractivity (Wildman–Crippen MR) is 137 cm³/mol. The molecule has 0 fully saturated rings. The molecule has 0 radical (unpaired) electrons. The van der Waals surface area contributed by atoms with Crippen LogP contribution in [-0.4, -0.2) is 60.9 Å². The fourth-order valence-electron chi connectivity index (χ4n) is 3.35. The van der Waals surface area contributed by atoms with Gasteiger partial charge in [-0.15, -0.1) is 0 Å². The molecule has 0 heterocycles. The number of hydrogen-bond donors (Lipinski definition) is 5. The number of carbonyl (C=O) groups excluding carboxylic acids is 3. The number of nitrogens with one attached hydrogen (secondary N) is 2. The molecule has 2 rings (SSSR count). The van der Waals surface area contributed by atoms with Crippen LogP contribution in [0.25, 0.3) is 0 Å². The Kier molecular flexibility index (Phi) is 11.7. The van der Waals surface area contributed by atoms with Crippen LogP contribution in [0.1, 0.15) is 18.4 Å². The van der Waals surface area contributed by atoms with Gasteiger partial charge in [0.2, 0.25) is 17.7 Å². The number of benzene rings is 2. The number of aryl methyl sites for hydroxylation is 1. The highest BCUT2D eigenvalue weighted by atomic mass is 79.9. The molecule has 0 unspecified atom stereocenters. The number of rotatable bonds is 13. The molecule has 2 aromatic rings. The Hall–Kier alpha value is -2.79. The number of nitrogens with two attached hydrogens (primary N) is 3. The van der Waals surface area contributed by atoms with Crippen molar-refractivity contribution >= 4 is 39.3 Å². The van der Waals surface area contributed by atoms with Crippen molar-refractivity contribution in [3.63, 3.8) is 0 Å². The van der Waals surface area contributed by atoms with E-state index in [0.717, 1.165) is 10.0 Å². The lowest BCUT2D eigenvalue weighted by Crippen LogP contribution is -2.52. The highest BCUT2D eigenvalue weighted by Crippen LogP contribution is 2.15. The van der Waals surface area contributed by atoms with Crippen LogP contribution >= 0.6 is 15.9 Å². The van der Waals surface area contributed by atoms with Crippen LogP contribution < -0.4 is 27.8 Å². The number of anilines is 1. The molecular weight excluding hydrogens is 500 g/mol. The summed E-state index contributed by atoms with van der Waals surface area (Å²) < 4.78 is 0.883. The zero-order chi connectivity index (χ0) is 24.9. The van der Waals surface area contributed by atoms with Crippen LogP contribution in [-0.2, 0) is 20.8 Å². The summed E-state index contributed by atoms with van der Waals surface area (Å²) in [5.41, 5.74) is 18.8. The number of halogens is 1. The lowest BCUT2D eigenvalue weighted by molar-refractivity contribution is -0.134. The van der Waals surface area contributed by atoms with E-state index in [0.29, 0.717) is 31.6 Å². The topological polar surface area (TPSA) is 157 Å². The van der Waals surface area contributed by atoms with Gasteiger partial charge in [0.05, 0.1) is 12.5 Å². The van der Waals surface area contributed by atoms with E-state index in [4.69, 9.17) is 17.2 Å². The second kappa shape index (κ2) is 14.5. The summed E-state index contributed by atoms with van der Waals surface area (Å²) in [4.78, 5) is 39.8. The Morgan fingerprint density at radius 2 is 1.53 bits per heavy atom. The maximum absolute atomic E-state index is 13.0. The van der Waals surface area contributed by atoms with Crippen molar-refractivity contribution in [1.82, 2.24) is 10.2 Å². The summed E-state index contributed by atoms with van der Waals surface area (Å²) in [6, 6.07) is 14.9. The van der Waals surface area contributed by atoms with Gasteiger partial charge in [0.15, 0.2) is 0 Å². The van der Waals surface area contributed by atoms with E-state index in [1.807, 2.05) is 42.5 Å². The SMILES string of the molecule is NCCN(CCN)C(=O)C[C@H](N)C(=O)N[C@@H](CCc1ccccc1)C(=O)Nc1ccc(Br)cc1. The first-order valence-corrected chi connectivity index (χ1v) is 12.0. The molecule has 0 aromatic heterocycles. The Morgan fingerprint density at radius 3 is 2.12 bits per heavy atom. The van der Waals surface area contributed by atoms with Gasteiger partial charge in [-0.3, -0.25) is 14.4 Å². The standard InChI is InChI=1S/C24H33BrN6O3/c25-18-7-9-19(10-8-18)29-24(34)21(11-6-17-4-2-1-3-5-17)30-23(33)20(28)16-22(32)31(14-12-26)15-13-27/h1-5,7-10,20-21H,6,11-16,26-28H2,(H,29,34)(H,30,33)/t20-,21-/m0/s1. The number of nitrogens with zero attached hydrogens (tertiary/aromatic N) is 1. The first-order valence-electron chi connectivity index (χ1n) is 11.2. The smallest absolute Gasteiger partial charge is 0.246 e. The van der Waals surface area contributed by atoms with Crippen LogP contribution in [0.15, 0.2) is 59.1 Å². The molecule has 8 N–H and O–H groups in total. The van der Waals surface area contributed by atoms with Crippen LogP contribution in [0.2, 0.25) is 0 Å². The summed E-state index contributed by atoms with van der Waals surface area (Å²) >= 11 is 3.36. The lowest BCUT2D eigenvalue weighted by atomic mass is 10.0. The van der Waals surface area contributed by atoms with Gasteiger partial charge in [-0.25, -0.2) is 0 Å². The molecular formula is C24H33BrN6O3. The van der Waals surface area contributed by atoms with Crippen molar-refractivity contribution in [1.29, 1.82) is 0 Å². The monoisotopic (exact) mass is 532 g/mol. The van der Waals surface area contributed by atoms with E-state index in [1.165, 1.54) is 4.90 Å². The summed E-state index contributed by atoms with van der Waals surface area (Å²) in [6.45, 7) is 1.23. The molecule has 3 amide bonds. The average molecular weight is 533 g/mol. The van der Waals surface area contributed by atoms with Crippen molar-refractivity contribution in [3.05, 3.63) is 64.6 Å². The molecule has 34 heavy (non-hydrogen) atoms. The van der Waals surface area contributed by atoms with Crippen molar-refractivity contribution in [2.45, 2.75) is 31.3 Å². The highest BCUT2D eigenvalue weighted by molar-refractivity contribution is 9.10. The van der Waals surface area contributed by atoms with Gasteiger partial charge in [0, 0.05) is 36.3 Å². The molecule has 184 valence electrons. The molecule has 0 aliphatic rings. The Morgan fingerprint density at radius 1 is 0.912 bits per heavy atom. The predicted octanol–water partition coefficient (Wildman–Crippen LogP) is 0.969. The second-order valence-corrected chi connectivity index (χ2v) is 8.77. The van der Waals surface area contributed by atoms with Gasteiger partial charge in [-0.05, 0) is 42.7 Å². The fraction of sp³-hybridized carbons (Fsp3) is 0.375. The van der Waals surface area contributed by atoms with Gasteiger partial charge in [0.1, 0.15) is 6.04 Å². The third kappa shape index (κ3) is 9.22. The van der Waals surface area contributed by atoms with Gasteiger partial charge in [-0.1, -0.05) is 46.3 Å². The number of amides is 3. The van der Waals surface area contributed by atoms with Crippen molar-refractivity contribution in [2.75, 3.05) is 31.5 Å². The maximum Gasteiger partial charge on any atom is 0.246 e. The Labute approximate surface area is 208 Å². The summed E-state index contributed by atoms with van der Waals surface area (Å²) in [5, 5.41) is 5.55. The molecule has 0 spiro atoms. The van der Waals surface area contributed by atoms with Crippen LogP contribution in [0.4, 0.5) is 5.69 Å². The molecule has 2 aromatic carbocycles. The van der Waals surface area contributed by atoms with E-state index in [2.05, 4.69) is 26.6 Å². The summed E-state index contributed by atoms with van der Waals surface area (Å²) in [5.74, 6) is -1.24. The van der Waals surface area contributed by atoms with E-state index in [-0.39, 0.29) is 31.3 Å². The van der Waals surface area contributed by atoms with E-state index in [9.17, 15) is 14.4 Å². The van der Waals surface area contributed by atoms with E-state index >= 15 is 0 Å². The second-order valence-electron chi connectivity index (χ2n) is 7.85. The van der Waals surface area contributed by atoms with Crippen molar-refractivity contribution in [2.24, 2.45) is 17.2 Å². The van der Waals surface area contributed by atoms with Gasteiger partial charge in [-0.2, -0.15) is 0 Å². The van der Waals surface area contributed by atoms with Crippen molar-refractivity contribution in [3.8, 4) is 0 Å². The largest absolute Gasteiger partial charge is 0.343 e. The van der Waals surface area contributed by atoms with Crippen LogP contribution in [0, 0.1) is 0 Å². The molecule has 0 aliphatic carbocycles. The molecule has 0 bridgehead atoms. The summed E-state index contributed by atoms with van der Waals surface area (Å²) in [6.07, 6.45) is 0.741. The summed E-state index contributed by atoms with van der Waals surface area (Å²) in [7, 11) is 0. The third-order valence-corrected chi connectivity index (χ3v) is 5.72. The lowest BCUT2D eigenvalue weighted by Gasteiger charge is -2.24. The molecule has 2 atom stereocenters. The minimum Gasteiger partial charge on any atom is -0.343 e. The number of hydrogen-bond acceptors (Lipinski definition) is 6.